The maximum atomic E-state index is 12.8. The standard InChI is InChI=1S/C21H23NO3S/c1-4-16-5-7-17(8-6-16)15(2)22-26(23,24)21-12-10-18-13-20(25-3)11-9-19(18)14-21/h5-15,22H,4H2,1-3H3. The van der Waals surface area contributed by atoms with Gasteiger partial charge in [0.05, 0.1) is 12.0 Å². The van der Waals surface area contributed by atoms with Gasteiger partial charge in [0.2, 0.25) is 10.0 Å². The largest absolute Gasteiger partial charge is 0.497 e. The molecule has 0 aromatic heterocycles. The third-order valence-corrected chi connectivity index (χ3v) is 6.09. The Morgan fingerprint density at radius 2 is 1.62 bits per heavy atom. The molecule has 3 aromatic carbocycles. The van der Waals surface area contributed by atoms with Gasteiger partial charge in [0.1, 0.15) is 5.75 Å². The van der Waals surface area contributed by atoms with Crippen molar-refractivity contribution < 1.29 is 13.2 Å². The fourth-order valence-electron chi connectivity index (χ4n) is 2.91. The van der Waals surface area contributed by atoms with Crippen molar-refractivity contribution in [3.63, 3.8) is 0 Å². The molecule has 0 fully saturated rings. The Labute approximate surface area is 154 Å². The zero-order valence-corrected chi connectivity index (χ0v) is 16.0. The number of sulfonamides is 1. The smallest absolute Gasteiger partial charge is 0.241 e. The molecule has 3 rings (SSSR count). The van der Waals surface area contributed by atoms with E-state index < -0.39 is 10.0 Å². The molecule has 1 atom stereocenters. The van der Waals surface area contributed by atoms with Gasteiger partial charge in [0.15, 0.2) is 0 Å². The van der Waals surface area contributed by atoms with Crippen molar-refractivity contribution in [2.45, 2.75) is 31.2 Å². The summed E-state index contributed by atoms with van der Waals surface area (Å²) >= 11 is 0. The summed E-state index contributed by atoms with van der Waals surface area (Å²) in [6, 6.07) is 18.4. The number of methoxy groups -OCH3 is 1. The van der Waals surface area contributed by atoms with Gasteiger partial charge < -0.3 is 4.74 Å². The summed E-state index contributed by atoms with van der Waals surface area (Å²) in [5.41, 5.74) is 2.17. The second-order valence-electron chi connectivity index (χ2n) is 6.31. The van der Waals surface area contributed by atoms with Crippen molar-refractivity contribution in [2.75, 3.05) is 7.11 Å². The molecule has 0 spiro atoms. The molecule has 1 unspecified atom stereocenters. The van der Waals surface area contributed by atoms with E-state index >= 15 is 0 Å². The minimum absolute atomic E-state index is 0.257. The second kappa shape index (κ2) is 7.48. The molecule has 0 radical (unpaired) electrons. The van der Waals surface area contributed by atoms with E-state index in [1.54, 1.807) is 25.3 Å². The summed E-state index contributed by atoms with van der Waals surface area (Å²) < 4.78 is 33.5. The van der Waals surface area contributed by atoms with Crippen molar-refractivity contribution in [1.82, 2.24) is 4.72 Å². The van der Waals surface area contributed by atoms with Gasteiger partial charge in [-0.1, -0.05) is 43.3 Å². The lowest BCUT2D eigenvalue weighted by atomic mass is 10.1. The Hall–Kier alpha value is -2.37. The molecule has 3 aromatic rings. The molecule has 1 N–H and O–H groups in total. The molecule has 5 heteroatoms. The van der Waals surface area contributed by atoms with E-state index in [0.29, 0.717) is 0 Å². The summed E-state index contributed by atoms with van der Waals surface area (Å²) in [4.78, 5) is 0.257. The number of hydrogen-bond donors (Lipinski definition) is 1. The quantitative estimate of drug-likeness (QED) is 0.698. The molecule has 4 nitrogen and oxygen atoms in total. The minimum Gasteiger partial charge on any atom is -0.497 e. The van der Waals surface area contributed by atoms with Crippen molar-refractivity contribution >= 4 is 20.8 Å². The number of aryl methyl sites for hydroxylation is 1. The fourth-order valence-corrected chi connectivity index (χ4v) is 4.17. The molecule has 0 aliphatic rings. The van der Waals surface area contributed by atoms with Crippen LogP contribution in [0.2, 0.25) is 0 Å². The van der Waals surface area contributed by atoms with Gasteiger partial charge in [-0.3, -0.25) is 0 Å². The van der Waals surface area contributed by atoms with Gasteiger partial charge in [-0.05, 0) is 59.5 Å². The van der Waals surface area contributed by atoms with Crippen molar-refractivity contribution in [1.29, 1.82) is 0 Å². The minimum atomic E-state index is -3.61. The van der Waals surface area contributed by atoms with Crippen molar-refractivity contribution in [3.8, 4) is 5.75 Å². The molecule has 26 heavy (non-hydrogen) atoms. The van der Waals surface area contributed by atoms with Crippen LogP contribution in [-0.4, -0.2) is 15.5 Å². The molecule has 0 heterocycles. The van der Waals surface area contributed by atoms with Gasteiger partial charge in [0, 0.05) is 6.04 Å². The van der Waals surface area contributed by atoms with E-state index in [0.717, 1.165) is 28.5 Å². The third kappa shape index (κ3) is 3.89. The van der Waals surface area contributed by atoms with Crippen LogP contribution in [0.5, 0.6) is 5.75 Å². The summed E-state index contributed by atoms with van der Waals surface area (Å²) in [5, 5.41) is 1.79. The number of ether oxygens (including phenoxy) is 1. The predicted molar refractivity (Wildman–Crippen MR) is 105 cm³/mol. The molecule has 136 valence electrons. The van der Waals surface area contributed by atoms with E-state index in [1.165, 1.54) is 5.56 Å². The van der Waals surface area contributed by atoms with Gasteiger partial charge in [0.25, 0.3) is 0 Å². The third-order valence-electron chi connectivity index (χ3n) is 4.55. The van der Waals surface area contributed by atoms with Gasteiger partial charge in [-0.25, -0.2) is 13.1 Å². The molecule has 0 saturated carbocycles. The van der Waals surface area contributed by atoms with Crippen LogP contribution in [0.1, 0.15) is 31.0 Å². The van der Waals surface area contributed by atoms with Crippen LogP contribution in [0.4, 0.5) is 0 Å². The highest BCUT2D eigenvalue weighted by atomic mass is 32.2. The second-order valence-corrected chi connectivity index (χ2v) is 8.03. The summed E-state index contributed by atoms with van der Waals surface area (Å²) in [5.74, 6) is 0.746. The van der Waals surface area contributed by atoms with Crippen LogP contribution in [0.25, 0.3) is 10.8 Å². The maximum absolute atomic E-state index is 12.8. The first-order valence-corrected chi connectivity index (χ1v) is 10.1. The molecule has 0 amide bonds. The van der Waals surface area contributed by atoms with Crippen LogP contribution in [0.3, 0.4) is 0 Å². The Bertz CT molecular complexity index is 1010. The normalized spacial score (nSPS) is 12.9. The Balaban J connectivity index is 1.85. The first-order chi connectivity index (χ1) is 12.4. The van der Waals surface area contributed by atoms with E-state index in [2.05, 4.69) is 11.6 Å². The van der Waals surface area contributed by atoms with E-state index in [1.807, 2.05) is 49.4 Å². The lowest BCUT2D eigenvalue weighted by Gasteiger charge is -2.15. The average molecular weight is 369 g/mol. The fraction of sp³-hybridized carbons (Fsp3) is 0.238. The molecule has 0 saturated heterocycles. The molecule has 0 aliphatic heterocycles. The summed E-state index contributed by atoms with van der Waals surface area (Å²) in [6.07, 6.45) is 0.961. The highest BCUT2D eigenvalue weighted by Crippen LogP contribution is 2.25. The Kier molecular flexibility index (Phi) is 5.30. The van der Waals surface area contributed by atoms with Gasteiger partial charge >= 0.3 is 0 Å². The predicted octanol–water partition coefficient (Wildman–Crippen LogP) is 4.45. The van der Waals surface area contributed by atoms with Crippen molar-refractivity contribution in [3.05, 3.63) is 71.8 Å². The van der Waals surface area contributed by atoms with Crippen LogP contribution in [0, 0.1) is 0 Å². The van der Waals surface area contributed by atoms with E-state index in [-0.39, 0.29) is 10.9 Å². The first-order valence-electron chi connectivity index (χ1n) is 8.62. The summed E-state index contributed by atoms with van der Waals surface area (Å²) in [7, 11) is -2.00. The van der Waals surface area contributed by atoms with Crippen LogP contribution in [0.15, 0.2) is 65.6 Å². The zero-order valence-electron chi connectivity index (χ0n) is 15.2. The Morgan fingerprint density at radius 1 is 0.962 bits per heavy atom. The van der Waals surface area contributed by atoms with Crippen LogP contribution >= 0.6 is 0 Å². The molecular formula is C21H23NO3S. The van der Waals surface area contributed by atoms with Crippen LogP contribution in [-0.2, 0) is 16.4 Å². The molecule has 0 bridgehead atoms. The number of rotatable bonds is 6. The lowest BCUT2D eigenvalue weighted by Crippen LogP contribution is -2.26. The molecule has 0 aliphatic carbocycles. The first kappa shape index (κ1) is 18.4. The number of nitrogens with one attached hydrogen (secondary N) is 1. The number of benzene rings is 3. The van der Waals surface area contributed by atoms with Crippen molar-refractivity contribution in [2.24, 2.45) is 0 Å². The van der Waals surface area contributed by atoms with Gasteiger partial charge in [-0.15, -0.1) is 0 Å². The van der Waals surface area contributed by atoms with E-state index in [4.69, 9.17) is 4.74 Å². The highest BCUT2D eigenvalue weighted by molar-refractivity contribution is 7.89. The zero-order chi connectivity index (χ0) is 18.7. The Morgan fingerprint density at radius 3 is 2.27 bits per heavy atom. The van der Waals surface area contributed by atoms with Crippen LogP contribution < -0.4 is 9.46 Å². The summed E-state index contributed by atoms with van der Waals surface area (Å²) in [6.45, 7) is 3.95. The molecular weight excluding hydrogens is 346 g/mol. The average Bonchev–Trinajstić information content (AvgIpc) is 2.66. The number of hydrogen-bond acceptors (Lipinski definition) is 3. The highest BCUT2D eigenvalue weighted by Gasteiger charge is 2.18. The van der Waals surface area contributed by atoms with Gasteiger partial charge in [-0.2, -0.15) is 0 Å². The number of fused-ring (bicyclic) bond motifs is 1. The SMILES string of the molecule is CCc1ccc(C(C)NS(=O)(=O)c2ccc3cc(OC)ccc3c2)cc1. The monoisotopic (exact) mass is 369 g/mol. The maximum Gasteiger partial charge on any atom is 0.241 e. The lowest BCUT2D eigenvalue weighted by molar-refractivity contribution is 0.415. The topological polar surface area (TPSA) is 55.4 Å². The van der Waals surface area contributed by atoms with E-state index in [9.17, 15) is 8.42 Å².